The van der Waals surface area contributed by atoms with Crippen molar-refractivity contribution in [3.8, 4) is 0 Å². The van der Waals surface area contributed by atoms with Crippen LogP contribution in [-0.4, -0.2) is 50.8 Å². The lowest BCUT2D eigenvalue weighted by molar-refractivity contribution is 0.192. The molecule has 3 heteroatoms. The molecular formula is C14H32N2O. The highest BCUT2D eigenvalue weighted by Crippen LogP contribution is 2.00. The third-order valence-corrected chi connectivity index (χ3v) is 3.27. The summed E-state index contributed by atoms with van der Waals surface area (Å²) in [6, 6.07) is 0.646. The Morgan fingerprint density at radius 2 is 1.82 bits per heavy atom. The second-order valence-electron chi connectivity index (χ2n) is 4.72. The zero-order chi connectivity index (χ0) is 12.9. The minimum atomic E-state index is 0.646. The smallest absolute Gasteiger partial charge is 0.0462 e. The van der Waals surface area contributed by atoms with Gasteiger partial charge in [0.1, 0.15) is 0 Å². The van der Waals surface area contributed by atoms with Gasteiger partial charge in [-0.2, -0.15) is 0 Å². The topological polar surface area (TPSA) is 24.5 Å². The van der Waals surface area contributed by atoms with Gasteiger partial charge < -0.3 is 15.0 Å². The van der Waals surface area contributed by atoms with Gasteiger partial charge in [-0.25, -0.2) is 0 Å². The van der Waals surface area contributed by atoms with E-state index in [0.717, 1.165) is 19.6 Å². The molecule has 0 fully saturated rings. The van der Waals surface area contributed by atoms with Crippen LogP contribution in [0.2, 0.25) is 0 Å². The number of hydrogen-bond acceptors (Lipinski definition) is 3. The Morgan fingerprint density at radius 3 is 2.41 bits per heavy atom. The van der Waals surface area contributed by atoms with Crippen LogP contribution < -0.4 is 5.32 Å². The molecular weight excluding hydrogens is 212 g/mol. The van der Waals surface area contributed by atoms with Crippen molar-refractivity contribution >= 4 is 0 Å². The maximum Gasteiger partial charge on any atom is 0.0462 e. The zero-order valence-electron chi connectivity index (χ0n) is 12.3. The van der Waals surface area contributed by atoms with Gasteiger partial charge in [-0.15, -0.1) is 0 Å². The van der Waals surface area contributed by atoms with Crippen LogP contribution in [0, 0.1) is 0 Å². The largest absolute Gasteiger partial charge is 0.385 e. The average molecular weight is 244 g/mol. The van der Waals surface area contributed by atoms with Crippen LogP contribution in [0.25, 0.3) is 0 Å². The number of methoxy groups -OCH3 is 1. The van der Waals surface area contributed by atoms with E-state index >= 15 is 0 Å². The van der Waals surface area contributed by atoms with Gasteiger partial charge in [0, 0.05) is 19.8 Å². The molecule has 0 aromatic rings. The summed E-state index contributed by atoms with van der Waals surface area (Å²) in [6.07, 6.45) is 4.96. The number of rotatable bonds is 12. The third kappa shape index (κ3) is 10.7. The van der Waals surface area contributed by atoms with E-state index in [-0.39, 0.29) is 0 Å². The molecule has 0 bridgehead atoms. The lowest BCUT2D eigenvalue weighted by Crippen LogP contribution is -2.29. The van der Waals surface area contributed by atoms with Crippen LogP contribution in [0.1, 0.15) is 46.5 Å². The second-order valence-corrected chi connectivity index (χ2v) is 4.72. The Morgan fingerprint density at radius 1 is 1.12 bits per heavy atom. The maximum absolute atomic E-state index is 5.03. The summed E-state index contributed by atoms with van der Waals surface area (Å²) in [5, 5.41) is 3.58. The summed E-state index contributed by atoms with van der Waals surface area (Å²) >= 11 is 0. The lowest BCUT2D eigenvalue weighted by Gasteiger charge is -2.19. The summed E-state index contributed by atoms with van der Waals surface area (Å²) in [5.74, 6) is 0. The van der Waals surface area contributed by atoms with E-state index < -0.39 is 0 Å². The van der Waals surface area contributed by atoms with Gasteiger partial charge in [0.05, 0.1) is 0 Å². The first-order valence-electron chi connectivity index (χ1n) is 7.19. The van der Waals surface area contributed by atoms with Gasteiger partial charge >= 0.3 is 0 Å². The van der Waals surface area contributed by atoms with E-state index in [1.165, 1.54) is 38.9 Å². The monoisotopic (exact) mass is 244 g/mol. The summed E-state index contributed by atoms with van der Waals surface area (Å²) in [4.78, 5) is 2.49. The molecule has 1 N–H and O–H groups in total. The predicted octanol–water partition coefficient (Wildman–Crippen LogP) is 2.51. The number of nitrogens with zero attached hydrogens (tertiary/aromatic N) is 1. The molecule has 0 saturated heterocycles. The Bertz CT molecular complexity index is 149. The number of nitrogens with one attached hydrogen (secondary N) is 1. The molecule has 0 rings (SSSR count). The molecule has 0 saturated carbocycles. The Kier molecular flexibility index (Phi) is 12.3. The fraction of sp³-hybridized carbons (Fsp3) is 1.00. The van der Waals surface area contributed by atoms with Crippen molar-refractivity contribution in [3.63, 3.8) is 0 Å². The summed E-state index contributed by atoms with van der Waals surface area (Å²) < 4.78 is 5.03. The van der Waals surface area contributed by atoms with E-state index in [1.54, 1.807) is 7.11 Å². The van der Waals surface area contributed by atoms with Crippen molar-refractivity contribution in [2.45, 2.75) is 52.5 Å². The number of hydrogen-bond donors (Lipinski definition) is 1. The van der Waals surface area contributed by atoms with Crippen LogP contribution in [0.4, 0.5) is 0 Å². The molecule has 0 aromatic carbocycles. The fourth-order valence-corrected chi connectivity index (χ4v) is 1.98. The van der Waals surface area contributed by atoms with Crippen molar-refractivity contribution < 1.29 is 4.74 Å². The van der Waals surface area contributed by atoms with Gasteiger partial charge in [0.25, 0.3) is 0 Å². The summed E-state index contributed by atoms with van der Waals surface area (Å²) in [5.41, 5.74) is 0. The van der Waals surface area contributed by atoms with Crippen LogP contribution >= 0.6 is 0 Å². The highest BCUT2D eigenvalue weighted by molar-refractivity contribution is 4.62. The van der Waals surface area contributed by atoms with E-state index in [4.69, 9.17) is 4.74 Å². The molecule has 1 atom stereocenters. The first-order chi connectivity index (χ1) is 8.24. The molecule has 0 spiro atoms. The van der Waals surface area contributed by atoms with Crippen molar-refractivity contribution in [1.82, 2.24) is 10.2 Å². The molecule has 0 aliphatic rings. The first kappa shape index (κ1) is 16.9. The van der Waals surface area contributed by atoms with Crippen molar-refractivity contribution in [1.29, 1.82) is 0 Å². The van der Waals surface area contributed by atoms with Gasteiger partial charge in [-0.3, -0.25) is 0 Å². The fourth-order valence-electron chi connectivity index (χ4n) is 1.98. The molecule has 17 heavy (non-hydrogen) atoms. The van der Waals surface area contributed by atoms with Crippen LogP contribution in [0.15, 0.2) is 0 Å². The summed E-state index contributed by atoms with van der Waals surface area (Å²) in [6.45, 7) is 12.4. The molecule has 0 amide bonds. The molecule has 0 heterocycles. The van der Waals surface area contributed by atoms with Crippen molar-refractivity contribution in [2.24, 2.45) is 0 Å². The highest BCUT2D eigenvalue weighted by Gasteiger charge is 2.03. The molecule has 0 aliphatic carbocycles. The van der Waals surface area contributed by atoms with Crippen LogP contribution in [0.5, 0.6) is 0 Å². The van der Waals surface area contributed by atoms with E-state index in [1.807, 2.05) is 0 Å². The first-order valence-corrected chi connectivity index (χ1v) is 7.19. The van der Waals surface area contributed by atoms with E-state index in [9.17, 15) is 0 Å². The van der Waals surface area contributed by atoms with Gasteiger partial charge in [-0.05, 0) is 58.8 Å². The molecule has 1 unspecified atom stereocenters. The maximum atomic E-state index is 5.03. The summed E-state index contributed by atoms with van der Waals surface area (Å²) in [7, 11) is 1.77. The Balaban J connectivity index is 3.30. The average Bonchev–Trinajstić information content (AvgIpc) is 2.34. The zero-order valence-corrected chi connectivity index (χ0v) is 12.3. The Labute approximate surface area is 108 Å². The SMILES string of the molecule is CCN(CC)CCCC(C)NCCCCOC. The minimum absolute atomic E-state index is 0.646. The molecule has 104 valence electrons. The second kappa shape index (κ2) is 12.3. The normalized spacial score (nSPS) is 13.2. The number of unbranched alkanes of at least 4 members (excludes halogenated alkanes) is 1. The molecule has 3 nitrogen and oxygen atoms in total. The molecule has 0 aliphatic heterocycles. The van der Waals surface area contributed by atoms with E-state index in [0.29, 0.717) is 6.04 Å². The quantitative estimate of drug-likeness (QED) is 0.534. The lowest BCUT2D eigenvalue weighted by atomic mass is 10.1. The van der Waals surface area contributed by atoms with Gasteiger partial charge in [0.15, 0.2) is 0 Å². The molecule has 0 aromatic heterocycles. The minimum Gasteiger partial charge on any atom is -0.385 e. The van der Waals surface area contributed by atoms with E-state index in [2.05, 4.69) is 31.0 Å². The van der Waals surface area contributed by atoms with Gasteiger partial charge in [0.2, 0.25) is 0 Å². The standard InChI is InChI=1S/C14H32N2O/c1-5-16(6-2)12-9-10-14(3)15-11-7-8-13-17-4/h14-15H,5-13H2,1-4H3. The van der Waals surface area contributed by atoms with Crippen molar-refractivity contribution in [2.75, 3.05) is 39.9 Å². The Hall–Kier alpha value is -0.120. The number of ether oxygens (including phenoxy) is 1. The molecule has 0 radical (unpaired) electrons. The van der Waals surface area contributed by atoms with Crippen LogP contribution in [0.3, 0.4) is 0 Å². The van der Waals surface area contributed by atoms with Crippen molar-refractivity contribution in [3.05, 3.63) is 0 Å². The van der Waals surface area contributed by atoms with Crippen LogP contribution in [-0.2, 0) is 4.74 Å². The highest BCUT2D eigenvalue weighted by atomic mass is 16.5. The third-order valence-electron chi connectivity index (χ3n) is 3.27. The predicted molar refractivity (Wildman–Crippen MR) is 75.6 cm³/mol. The van der Waals surface area contributed by atoms with Gasteiger partial charge in [-0.1, -0.05) is 13.8 Å².